The summed E-state index contributed by atoms with van der Waals surface area (Å²) in [5.74, 6) is 2.08. The minimum absolute atomic E-state index is 0.00211. The first-order valence-corrected chi connectivity index (χ1v) is 9.03. The molecule has 0 bridgehead atoms. The van der Waals surface area contributed by atoms with Gasteiger partial charge in [-0.2, -0.15) is 0 Å². The molecule has 1 aromatic carbocycles. The van der Waals surface area contributed by atoms with Crippen molar-refractivity contribution in [1.82, 2.24) is 0 Å². The molecule has 116 valence electrons. The van der Waals surface area contributed by atoms with E-state index in [0.29, 0.717) is 22.9 Å². The van der Waals surface area contributed by atoms with Crippen molar-refractivity contribution < 1.29 is 4.39 Å². The molecule has 2 aliphatic carbocycles. The molecule has 0 nitrogen and oxygen atoms in total. The Morgan fingerprint density at radius 1 is 1.10 bits per heavy atom. The maximum Gasteiger partial charge on any atom is 0.127 e. The third-order valence-electron chi connectivity index (χ3n) is 5.55. The minimum atomic E-state index is -0.223. The Bertz CT molecular complexity index is 468. The highest BCUT2D eigenvalue weighted by Crippen LogP contribution is 2.45. The van der Waals surface area contributed by atoms with Gasteiger partial charge in [0.25, 0.3) is 0 Å². The molecule has 0 aliphatic heterocycles. The molecule has 0 radical (unpaired) electrons. The molecule has 3 heteroatoms. The van der Waals surface area contributed by atoms with Crippen molar-refractivity contribution in [2.45, 2.75) is 56.7 Å². The SMILES string of the molecule is Fc1cccc(Cl)c1CC(Cl)C1CCC2CCCCC2C1. The minimum Gasteiger partial charge on any atom is -0.207 e. The summed E-state index contributed by atoms with van der Waals surface area (Å²) in [6.45, 7) is 0. The number of hydrogen-bond acceptors (Lipinski definition) is 0. The largest absolute Gasteiger partial charge is 0.207 e. The first-order valence-electron chi connectivity index (χ1n) is 8.22. The van der Waals surface area contributed by atoms with E-state index in [4.69, 9.17) is 23.2 Å². The summed E-state index contributed by atoms with van der Waals surface area (Å²) >= 11 is 12.8. The molecular weight excluding hydrogens is 306 g/mol. The van der Waals surface area contributed by atoms with Crippen molar-refractivity contribution in [3.8, 4) is 0 Å². The molecular formula is C18H23Cl2F. The second-order valence-electron chi connectivity index (χ2n) is 6.80. The first kappa shape index (κ1) is 15.6. The average Bonchev–Trinajstić information content (AvgIpc) is 2.50. The molecule has 0 spiro atoms. The maximum atomic E-state index is 13.9. The lowest BCUT2D eigenvalue weighted by molar-refractivity contribution is 0.127. The van der Waals surface area contributed by atoms with Crippen LogP contribution in [0.4, 0.5) is 4.39 Å². The lowest BCUT2D eigenvalue weighted by Crippen LogP contribution is -2.32. The molecule has 1 aromatic rings. The zero-order valence-electron chi connectivity index (χ0n) is 12.3. The highest BCUT2D eigenvalue weighted by atomic mass is 35.5. The molecule has 21 heavy (non-hydrogen) atoms. The fraction of sp³-hybridized carbons (Fsp3) is 0.667. The molecule has 2 fully saturated rings. The number of hydrogen-bond donors (Lipinski definition) is 0. The summed E-state index contributed by atoms with van der Waals surface area (Å²) in [4.78, 5) is 0. The van der Waals surface area contributed by atoms with Crippen LogP contribution in [-0.2, 0) is 6.42 Å². The van der Waals surface area contributed by atoms with Crippen LogP contribution in [0.15, 0.2) is 18.2 Å². The van der Waals surface area contributed by atoms with Crippen molar-refractivity contribution >= 4 is 23.2 Å². The molecule has 0 N–H and O–H groups in total. The summed E-state index contributed by atoms with van der Waals surface area (Å²) in [6, 6.07) is 4.88. The van der Waals surface area contributed by atoms with Crippen LogP contribution in [0.2, 0.25) is 5.02 Å². The van der Waals surface area contributed by atoms with Crippen LogP contribution in [0.5, 0.6) is 0 Å². The zero-order valence-corrected chi connectivity index (χ0v) is 13.8. The average molecular weight is 329 g/mol. The van der Waals surface area contributed by atoms with E-state index in [-0.39, 0.29) is 11.2 Å². The Balaban J connectivity index is 1.64. The van der Waals surface area contributed by atoms with Gasteiger partial charge in [-0.25, -0.2) is 4.39 Å². The second kappa shape index (κ2) is 6.87. The molecule has 4 unspecified atom stereocenters. The van der Waals surface area contributed by atoms with Crippen LogP contribution >= 0.6 is 23.2 Å². The van der Waals surface area contributed by atoms with E-state index in [1.54, 1.807) is 12.1 Å². The van der Waals surface area contributed by atoms with Crippen molar-refractivity contribution in [3.05, 3.63) is 34.6 Å². The van der Waals surface area contributed by atoms with Crippen LogP contribution in [0.1, 0.15) is 50.5 Å². The number of rotatable bonds is 3. The van der Waals surface area contributed by atoms with Crippen LogP contribution in [0.25, 0.3) is 0 Å². The molecule has 0 heterocycles. The van der Waals surface area contributed by atoms with Crippen molar-refractivity contribution in [2.24, 2.45) is 17.8 Å². The molecule has 0 amide bonds. The van der Waals surface area contributed by atoms with Gasteiger partial charge >= 0.3 is 0 Å². The van der Waals surface area contributed by atoms with Gasteiger partial charge < -0.3 is 0 Å². The van der Waals surface area contributed by atoms with Crippen LogP contribution in [0, 0.1) is 23.6 Å². The van der Waals surface area contributed by atoms with E-state index >= 15 is 0 Å². The first-order chi connectivity index (χ1) is 10.1. The second-order valence-corrected chi connectivity index (χ2v) is 7.77. The van der Waals surface area contributed by atoms with Crippen molar-refractivity contribution in [1.29, 1.82) is 0 Å². The maximum absolute atomic E-state index is 13.9. The van der Waals surface area contributed by atoms with Gasteiger partial charge in [-0.05, 0) is 55.6 Å². The third-order valence-corrected chi connectivity index (χ3v) is 6.42. The van der Waals surface area contributed by atoms with Gasteiger partial charge in [-0.1, -0.05) is 43.4 Å². The smallest absolute Gasteiger partial charge is 0.127 e. The zero-order chi connectivity index (χ0) is 14.8. The third kappa shape index (κ3) is 3.56. The Kier molecular flexibility index (Phi) is 5.11. The topological polar surface area (TPSA) is 0 Å². The molecule has 2 aliphatic rings. The Morgan fingerprint density at radius 2 is 1.86 bits per heavy atom. The van der Waals surface area contributed by atoms with E-state index in [0.717, 1.165) is 11.8 Å². The Labute approximate surface area is 137 Å². The van der Waals surface area contributed by atoms with E-state index < -0.39 is 0 Å². The predicted molar refractivity (Wildman–Crippen MR) is 87.5 cm³/mol. The monoisotopic (exact) mass is 328 g/mol. The molecule has 0 saturated heterocycles. The highest BCUT2D eigenvalue weighted by Gasteiger charge is 2.35. The summed E-state index contributed by atoms with van der Waals surface area (Å²) in [6.07, 6.45) is 9.83. The van der Waals surface area contributed by atoms with E-state index in [1.165, 1.54) is 51.0 Å². The summed E-state index contributed by atoms with van der Waals surface area (Å²) in [5, 5.41) is 0.509. The number of benzene rings is 1. The van der Waals surface area contributed by atoms with Gasteiger partial charge in [0.05, 0.1) is 0 Å². The predicted octanol–water partition coefficient (Wildman–Crippen LogP) is 6.24. The highest BCUT2D eigenvalue weighted by molar-refractivity contribution is 6.31. The number of alkyl halides is 1. The van der Waals surface area contributed by atoms with Crippen LogP contribution in [0.3, 0.4) is 0 Å². The van der Waals surface area contributed by atoms with E-state index in [2.05, 4.69) is 0 Å². The van der Waals surface area contributed by atoms with E-state index in [1.807, 2.05) is 0 Å². The van der Waals surface area contributed by atoms with Gasteiger partial charge in [0.2, 0.25) is 0 Å². The summed E-state index contributed by atoms with van der Waals surface area (Å²) in [7, 11) is 0. The Morgan fingerprint density at radius 3 is 2.62 bits per heavy atom. The normalized spacial score (nSPS) is 30.7. The Hall–Kier alpha value is -0.270. The fourth-order valence-electron chi connectivity index (χ4n) is 4.33. The molecule has 2 saturated carbocycles. The van der Waals surface area contributed by atoms with Gasteiger partial charge in [0, 0.05) is 16.0 Å². The van der Waals surface area contributed by atoms with Crippen molar-refractivity contribution in [3.63, 3.8) is 0 Å². The standard InChI is InChI=1S/C18H23Cl2F/c19-16-6-3-7-18(21)15(16)11-17(20)14-9-8-12-4-1-2-5-13(12)10-14/h3,6-7,12-14,17H,1-2,4-5,8-11H2. The van der Waals surface area contributed by atoms with Crippen LogP contribution in [-0.4, -0.2) is 5.38 Å². The quantitative estimate of drug-likeness (QED) is 0.576. The molecule has 0 aromatic heterocycles. The molecule has 3 rings (SSSR count). The molecule has 4 atom stereocenters. The summed E-state index contributed by atoms with van der Waals surface area (Å²) < 4.78 is 13.9. The van der Waals surface area contributed by atoms with Gasteiger partial charge in [-0.15, -0.1) is 11.6 Å². The van der Waals surface area contributed by atoms with Gasteiger partial charge in [0.1, 0.15) is 5.82 Å². The lowest BCUT2D eigenvalue weighted by atomic mass is 9.66. The van der Waals surface area contributed by atoms with Gasteiger partial charge in [-0.3, -0.25) is 0 Å². The number of fused-ring (bicyclic) bond motifs is 1. The van der Waals surface area contributed by atoms with E-state index in [9.17, 15) is 4.39 Å². The van der Waals surface area contributed by atoms with Gasteiger partial charge in [0.15, 0.2) is 0 Å². The number of halogens is 3. The van der Waals surface area contributed by atoms with Crippen molar-refractivity contribution in [2.75, 3.05) is 0 Å². The van der Waals surface area contributed by atoms with Crippen LogP contribution < -0.4 is 0 Å². The lowest BCUT2D eigenvalue weighted by Gasteiger charge is -2.40. The summed E-state index contributed by atoms with van der Waals surface area (Å²) in [5.41, 5.74) is 0.588. The fourth-order valence-corrected chi connectivity index (χ4v) is 4.95.